The molecule has 152 valence electrons. The zero-order valence-corrected chi connectivity index (χ0v) is 18.9. The lowest BCUT2D eigenvalue weighted by molar-refractivity contribution is -0.121. The fourth-order valence-corrected chi connectivity index (χ4v) is 2.97. The fraction of sp³-hybridized carbons (Fsp3) is 0.952. The minimum Gasteiger partial charge on any atom is -0.356 e. The van der Waals surface area contributed by atoms with E-state index in [4.69, 9.17) is 5.73 Å². The Bertz CT molecular complexity index is 290. The molecule has 0 fully saturated rings. The van der Waals surface area contributed by atoms with Crippen LogP contribution in [0.25, 0.3) is 0 Å². The molecule has 0 unspecified atom stereocenters. The summed E-state index contributed by atoms with van der Waals surface area (Å²) >= 11 is 0. The van der Waals surface area contributed by atoms with Crippen molar-refractivity contribution in [3.63, 3.8) is 0 Å². The maximum absolute atomic E-state index is 11.7. The van der Waals surface area contributed by atoms with Gasteiger partial charge in [-0.2, -0.15) is 0 Å². The number of carbonyl (C=O) groups is 1. The SMILES string of the molecule is Br.CCCCCCCCCCCCCC(=O)NCCCCC(C)(C)N. The third kappa shape index (κ3) is 23.9. The maximum Gasteiger partial charge on any atom is 0.219 e. The molecule has 0 spiro atoms. The lowest BCUT2D eigenvalue weighted by Gasteiger charge is -2.17. The van der Waals surface area contributed by atoms with Gasteiger partial charge in [0.15, 0.2) is 0 Å². The van der Waals surface area contributed by atoms with Gasteiger partial charge in [-0.05, 0) is 39.5 Å². The highest BCUT2D eigenvalue weighted by Gasteiger charge is 2.09. The van der Waals surface area contributed by atoms with Crippen LogP contribution in [0.1, 0.15) is 117 Å². The molecule has 4 heteroatoms. The van der Waals surface area contributed by atoms with E-state index >= 15 is 0 Å². The molecule has 0 aromatic rings. The molecule has 1 amide bonds. The number of amides is 1. The van der Waals surface area contributed by atoms with Gasteiger partial charge in [0.2, 0.25) is 5.91 Å². The molecule has 3 N–H and O–H groups in total. The van der Waals surface area contributed by atoms with Gasteiger partial charge in [-0.3, -0.25) is 4.79 Å². The van der Waals surface area contributed by atoms with Crippen LogP contribution in [0.2, 0.25) is 0 Å². The molecule has 0 bridgehead atoms. The van der Waals surface area contributed by atoms with Crippen molar-refractivity contribution in [2.24, 2.45) is 5.73 Å². The van der Waals surface area contributed by atoms with E-state index in [0.29, 0.717) is 6.42 Å². The van der Waals surface area contributed by atoms with Crippen LogP contribution in [0.3, 0.4) is 0 Å². The Kier molecular flexibility index (Phi) is 20.3. The van der Waals surface area contributed by atoms with Crippen LogP contribution in [0.15, 0.2) is 0 Å². The summed E-state index contributed by atoms with van der Waals surface area (Å²) in [6.45, 7) is 7.17. The highest BCUT2D eigenvalue weighted by atomic mass is 79.9. The maximum atomic E-state index is 11.7. The van der Waals surface area contributed by atoms with Crippen molar-refractivity contribution < 1.29 is 4.79 Å². The Morgan fingerprint density at radius 3 is 1.76 bits per heavy atom. The molecule has 0 aliphatic carbocycles. The molecule has 3 nitrogen and oxygen atoms in total. The number of nitrogens with two attached hydrogens (primary N) is 1. The summed E-state index contributed by atoms with van der Waals surface area (Å²) in [5.41, 5.74) is 5.86. The Balaban J connectivity index is 0. The number of rotatable bonds is 17. The fourth-order valence-electron chi connectivity index (χ4n) is 2.97. The first kappa shape index (κ1) is 27.1. The van der Waals surface area contributed by atoms with Gasteiger partial charge in [0.1, 0.15) is 0 Å². The average Bonchev–Trinajstić information content (AvgIpc) is 2.51. The van der Waals surface area contributed by atoms with Crippen molar-refractivity contribution in [3.8, 4) is 0 Å². The van der Waals surface area contributed by atoms with E-state index in [0.717, 1.165) is 32.2 Å². The summed E-state index contributed by atoms with van der Waals surface area (Å²) in [5, 5.41) is 3.02. The summed E-state index contributed by atoms with van der Waals surface area (Å²) in [7, 11) is 0. The number of halogens is 1. The van der Waals surface area contributed by atoms with E-state index in [1.807, 2.05) is 0 Å². The van der Waals surface area contributed by atoms with Crippen molar-refractivity contribution in [2.45, 2.75) is 123 Å². The van der Waals surface area contributed by atoms with E-state index in [2.05, 4.69) is 26.1 Å². The van der Waals surface area contributed by atoms with Crippen LogP contribution in [-0.2, 0) is 4.79 Å². The molecule has 0 atom stereocenters. The van der Waals surface area contributed by atoms with Crippen molar-refractivity contribution in [2.75, 3.05) is 6.54 Å². The lowest BCUT2D eigenvalue weighted by Crippen LogP contribution is -2.32. The topological polar surface area (TPSA) is 55.1 Å². The summed E-state index contributed by atoms with van der Waals surface area (Å²) < 4.78 is 0. The standard InChI is InChI=1S/C21H44N2O.BrH/c1-4-5-6-7-8-9-10-11-12-13-14-17-20(24)23-19-16-15-18-21(2,3)22;/h4-19,22H2,1-3H3,(H,23,24);1H. The molecule has 0 rings (SSSR count). The number of carbonyl (C=O) groups excluding carboxylic acids is 1. The van der Waals surface area contributed by atoms with Crippen molar-refractivity contribution in [3.05, 3.63) is 0 Å². The van der Waals surface area contributed by atoms with E-state index in [1.54, 1.807) is 0 Å². The highest BCUT2D eigenvalue weighted by Crippen LogP contribution is 2.12. The second-order valence-electron chi connectivity index (χ2n) is 8.08. The summed E-state index contributed by atoms with van der Waals surface area (Å²) in [6, 6.07) is 0. The zero-order valence-electron chi connectivity index (χ0n) is 17.2. The first-order valence-electron chi connectivity index (χ1n) is 10.5. The van der Waals surface area contributed by atoms with Gasteiger partial charge < -0.3 is 11.1 Å². The summed E-state index contributed by atoms with van der Waals surface area (Å²) in [6.07, 6.45) is 18.4. The molecule has 0 aromatic heterocycles. The summed E-state index contributed by atoms with van der Waals surface area (Å²) in [4.78, 5) is 11.7. The molecule has 25 heavy (non-hydrogen) atoms. The van der Waals surface area contributed by atoms with Crippen molar-refractivity contribution in [1.82, 2.24) is 5.32 Å². The van der Waals surface area contributed by atoms with Crippen LogP contribution in [-0.4, -0.2) is 18.0 Å². The third-order valence-corrected chi connectivity index (χ3v) is 4.58. The second kappa shape index (κ2) is 18.7. The first-order valence-corrected chi connectivity index (χ1v) is 10.5. The largest absolute Gasteiger partial charge is 0.356 e. The molecule has 0 radical (unpaired) electrons. The first-order chi connectivity index (χ1) is 11.5. The van der Waals surface area contributed by atoms with E-state index in [1.165, 1.54) is 64.2 Å². The Morgan fingerprint density at radius 1 is 0.800 bits per heavy atom. The van der Waals surface area contributed by atoms with Crippen LogP contribution in [0.5, 0.6) is 0 Å². The van der Waals surface area contributed by atoms with Gasteiger partial charge in [-0.25, -0.2) is 0 Å². The summed E-state index contributed by atoms with van der Waals surface area (Å²) in [5.74, 6) is 0.220. The Morgan fingerprint density at radius 2 is 1.28 bits per heavy atom. The highest BCUT2D eigenvalue weighted by molar-refractivity contribution is 8.93. The van der Waals surface area contributed by atoms with Crippen LogP contribution in [0.4, 0.5) is 0 Å². The van der Waals surface area contributed by atoms with Crippen molar-refractivity contribution in [1.29, 1.82) is 0 Å². The molecule has 0 heterocycles. The van der Waals surface area contributed by atoms with E-state index in [-0.39, 0.29) is 28.4 Å². The van der Waals surface area contributed by atoms with Gasteiger partial charge >= 0.3 is 0 Å². The molecule has 0 saturated carbocycles. The van der Waals surface area contributed by atoms with Gasteiger partial charge in [0.25, 0.3) is 0 Å². The Labute approximate surface area is 168 Å². The van der Waals surface area contributed by atoms with E-state index in [9.17, 15) is 4.79 Å². The molecule has 0 aromatic carbocycles. The van der Waals surface area contributed by atoms with Crippen LogP contribution >= 0.6 is 17.0 Å². The number of unbranched alkanes of at least 4 members (excludes halogenated alkanes) is 11. The minimum absolute atomic E-state index is 0. The third-order valence-electron chi connectivity index (χ3n) is 4.58. The quantitative estimate of drug-likeness (QED) is 0.271. The van der Waals surface area contributed by atoms with E-state index < -0.39 is 0 Å². The predicted octanol–water partition coefficient (Wildman–Crippen LogP) is 6.29. The monoisotopic (exact) mass is 420 g/mol. The Hall–Kier alpha value is -0.0900. The zero-order chi connectivity index (χ0) is 18.1. The average molecular weight is 422 g/mol. The molecule has 0 aliphatic heterocycles. The van der Waals surface area contributed by atoms with Gasteiger partial charge in [0.05, 0.1) is 0 Å². The molecular weight excluding hydrogens is 376 g/mol. The number of hydrogen-bond donors (Lipinski definition) is 2. The number of nitrogens with one attached hydrogen (secondary N) is 1. The van der Waals surface area contributed by atoms with Gasteiger partial charge in [-0.15, -0.1) is 17.0 Å². The molecule has 0 saturated heterocycles. The normalized spacial score (nSPS) is 11.2. The minimum atomic E-state index is -0.0838. The smallest absolute Gasteiger partial charge is 0.219 e. The molecule has 0 aliphatic rings. The molecular formula is C21H45BrN2O. The van der Waals surface area contributed by atoms with Gasteiger partial charge in [0, 0.05) is 18.5 Å². The van der Waals surface area contributed by atoms with Crippen LogP contribution < -0.4 is 11.1 Å². The van der Waals surface area contributed by atoms with Gasteiger partial charge in [-0.1, -0.05) is 71.1 Å². The number of hydrogen-bond acceptors (Lipinski definition) is 2. The predicted molar refractivity (Wildman–Crippen MR) is 117 cm³/mol. The lowest BCUT2D eigenvalue weighted by atomic mass is 9.99. The second-order valence-corrected chi connectivity index (χ2v) is 8.08. The van der Waals surface area contributed by atoms with Crippen molar-refractivity contribution >= 4 is 22.9 Å². The van der Waals surface area contributed by atoms with Crippen LogP contribution in [0, 0.1) is 0 Å².